The highest BCUT2D eigenvalue weighted by Crippen LogP contribution is 2.22. The van der Waals surface area contributed by atoms with E-state index < -0.39 is 10.9 Å². The number of carbonyl (C=O) groups excluding carboxylic acids is 2. The fraction of sp³-hybridized carbons (Fsp3) is 0.333. The minimum Gasteiger partial charge on any atom is -0.465 e. The van der Waals surface area contributed by atoms with Gasteiger partial charge in [-0.2, -0.15) is 0 Å². The van der Waals surface area contributed by atoms with Gasteiger partial charge in [-0.3, -0.25) is 14.9 Å². The van der Waals surface area contributed by atoms with Gasteiger partial charge in [0.1, 0.15) is 0 Å². The van der Waals surface area contributed by atoms with Crippen LogP contribution in [0.25, 0.3) is 0 Å². The number of nitro benzene ring substituents is 1. The summed E-state index contributed by atoms with van der Waals surface area (Å²) in [6.45, 7) is -0.0329. The summed E-state index contributed by atoms with van der Waals surface area (Å²) < 4.78 is 4.57. The van der Waals surface area contributed by atoms with E-state index in [1.165, 1.54) is 24.1 Å². The van der Waals surface area contributed by atoms with E-state index in [4.69, 9.17) is 0 Å². The Kier molecular flexibility index (Phi) is 5.01. The van der Waals surface area contributed by atoms with Gasteiger partial charge in [0, 0.05) is 31.9 Å². The topological polar surface area (TPSA) is 102 Å². The molecule has 0 fully saturated rings. The van der Waals surface area contributed by atoms with Crippen LogP contribution in [0.1, 0.15) is 10.4 Å². The monoisotopic (exact) mass is 281 g/mol. The van der Waals surface area contributed by atoms with Crippen molar-refractivity contribution < 1.29 is 19.2 Å². The second kappa shape index (κ2) is 6.50. The van der Waals surface area contributed by atoms with Crippen molar-refractivity contribution in [1.82, 2.24) is 4.90 Å². The van der Waals surface area contributed by atoms with Gasteiger partial charge in [-0.25, -0.2) is 4.79 Å². The van der Waals surface area contributed by atoms with Crippen LogP contribution in [0.5, 0.6) is 0 Å². The summed E-state index contributed by atoms with van der Waals surface area (Å²) in [4.78, 5) is 34.6. The molecular formula is C12H15N3O5. The minimum atomic E-state index is -0.714. The number of nitrogens with zero attached hydrogens (tertiary/aromatic N) is 2. The molecule has 0 heterocycles. The molecule has 0 radical (unpaired) electrons. The van der Waals surface area contributed by atoms with Crippen LogP contribution in [-0.2, 0) is 9.53 Å². The lowest BCUT2D eigenvalue weighted by atomic mass is 10.1. The first-order valence-corrected chi connectivity index (χ1v) is 5.67. The summed E-state index contributed by atoms with van der Waals surface area (Å²) >= 11 is 0. The Labute approximate surface area is 115 Å². The molecule has 1 aromatic rings. The summed E-state index contributed by atoms with van der Waals surface area (Å²) in [5, 5.41) is 13.5. The number of nitrogens with one attached hydrogen (secondary N) is 1. The molecule has 0 atom stereocenters. The van der Waals surface area contributed by atoms with Crippen molar-refractivity contribution >= 4 is 23.3 Å². The molecule has 1 aromatic carbocycles. The summed E-state index contributed by atoms with van der Waals surface area (Å²) in [6.07, 6.45) is 0. The third-order valence-corrected chi connectivity index (χ3v) is 2.55. The van der Waals surface area contributed by atoms with Crippen LogP contribution in [0.3, 0.4) is 0 Å². The summed E-state index contributed by atoms with van der Waals surface area (Å²) in [5.41, 5.74) is 0.0841. The third-order valence-electron chi connectivity index (χ3n) is 2.55. The molecule has 0 saturated heterocycles. The van der Waals surface area contributed by atoms with E-state index in [-0.39, 0.29) is 23.7 Å². The smallest absolute Gasteiger partial charge is 0.340 e. The lowest BCUT2D eigenvalue weighted by Crippen LogP contribution is -2.29. The molecule has 1 N–H and O–H groups in total. The highest BCUT2D eigenvalue weighted by molar-refractivity contribution is 5.97. The Hall–Kier alpha value is -2.64. The highest BCUT2D eigenvalue weighted by Gasteiger charge is 2.17. The number of amides is 1. The molecule has 0 aromatic heterocycles. The highest BCUT2D eigenvalue weighted by atomic mass is 16.6. The maximum Gasteiger partial charge on any atom is 0.340 e. The molecule has 0 bridgehead atoms. The van der Waals surface area contributed by atoms with Crippen LogP contribution in [-0.4, -0.2) is 49.4 Å². The van der Waals surface area contributed by atoms with Gasteiger partial charge in [-0.15, -0.1) is 0 Å². The number of methoxy groups -OCH3 is 1. The average Bonchev–Trinajstić information content (AvgIpc) is 2.43. The van der Waals surface area contributed by atoms with Gasteiger partial charge in [0.2, 0.25) is 5.91 Å². The van der Waals surface area contributed by atoms with Gasteiger partial charge < -0.3 is 15.0 Å². The standard InChI is InChI=1S/C12H15N3O5/c1-14(2)11(16)7-13-10-5-4-8(15(18)19)6-9(10)12(17)20-3/h4-6,13H,7H2,1-3H3. The maximum atomic E-state index is 11.6. The fourth-order valence-corrected chi connectivity index (χ4v) is 1.41. The first kappa shape index (κ1) is 15.4. The Bertz CT molecular complexity index is 542. The molecule has 20 heavy (non-hydrogen) atoms. The number of esters is 1. The molecule has 0 saturated carbocycles. The number of likely N-dealkylation sites (N-methyl/N-ethyl adjacent to an activating group) is 1. The van der Waals surface area contributed by atoms with Crippen molar-refractivity contribution in [2.24, 2.45) is 0 Å². The van der Waals surface area contributed by atoms with Gasteiger partial charge >= 0.3 is 5.97 Å². The number of anilines is 1. The van der Waals surface area contributed by atoms with Gasteiger partial charge in [-0.05, 0) is 6.07 Å². The van der Waals surface area contributed by atoms with E-state index >= 15 is 0 Å². The molecule has 0 aliphatic carbocycles. The molecule has 0 aliphatic heterocycles. The van der Waals surface area contributed by atoms with Gasteiger partial charge in [-0.1, -0.05) is 0 Å². The normalized spacial score (nSPS) is 9.75. The number of hydrogen-bond donors (Lipinski definition) is 1. The largest absolute Gasteiger partial charge is 0.465 e. The zero-order valence-electron chi connectivity index (χ0n) is 11.4. The second-order valence-electron chi connectivity index (χ2n) is 4.12. The van der Waals surface area contributed by atoms with Gasteiger partial charge in [0.15, 0.2) is 0 Å². The fourth-order valence-electron chi connectivity index (χ4n) is 1.41. The lowest BCUT2D eigenvalue weighted by Gasteiger charge is -2.13. The predicted molar refractivity (Wildman–Crippen MR) is 71.6 cm³/mol. The second-order valence-corrected chi connectivity index (χ2v) is 4.12. The molecule has 1 amide bonds. The minimum absolute atomic E-state index is 0.00764. The van der Waals surface area contributed by atoms with E-state index in [1.54, 1.807) is 14.1 Å². The number of ether oxygens (including phenoxy) is 1. The van der Waals surface area contributed by atoms with Crippen molar-refractivity contribution in [3.8, 4) is 0 Å². The van der Waals surface area contributed by atoms with Crippen molar-refractivity contribution in [1.29, 1.82) is 0 Å². The lowest BCUT2D eigenvalue weighted by molar-refractivity contribution is -0.384. The molecule has 0 aliphatic rings. The van der Waals surface area contributed by atoms with Crippen molar-refractivity contribution in [3.63, 3.8) is 0 Å². The van der Waals surface area contributed by atoms with Crippen LogP contribution in [0.4, 0.5) is 11.4 Å². The number of hydrogen-bond acceptors (Lipinski definition) is 6. The maximum absolute atomic E-state index is 11.6. The van der Waals surface area contributed by atoms with Crippen LogP contribution < -0.4 is 5.32 Å². The van der Waals surface area contributed by atoms with Crippen LogP contribution in [0.15, 0.2) is 18.2 Å². The molecule has 8 nitrogen and oxygen atoms in total. The Morgan fingerprint density at radius 2 is 2.05 bits per heavy atom. The van der Waals surface area contributed by atoms with Crippen molar-refractivity contribution in [2.45, 2.75) is 0 Å². The van der Waals surface area contributed by atoms with Crippen LogP contribution in [0, 0.1) is 10.1 Å². The Morgan fingerprint density at radius 1 is 1.40 bits per heavy atom. The quantitative estimate of drug-likeness (QED) is 0.488. The molecule has 0 spiro atoms. The third kappa shape index (κ3) is 3.67. The van der Waals surface area contributed by atoms with E-state index in [1.807, 2.05) is 0 Å². The SMILES string of the molecule is COC(=O)c1cc([N+](=O)[O-])ccc1NCC(=O)N(C)C. The first-order chi connectivity index (χ1) is 9.36. The van der Waals surface area contributed by atoms with E-state index in [0.29, 0.717) is 5.69 Å². The molecule has 1 rings (SSSR count). The van der Waals surface area contributed by atoms with Gasteiger partial charge in [0.05, 0.1) is 24.1 Å². The zero-order chi connectivity index (χ0) is 15.3. The Balaban J connectivity index is 3.03. The van der Waals surface area contributed by atoms with Crippen LogP contribution in [0.2, 0.25) is 0 Å². The van der Waals surface area contributed by atoms with E-state index in [0.717, 1.165) is 6.07 Å². The summed E-state index contributed by atoms with van der Waals surface area (Å²) in [6, 6.07) is 3.72. The van der Waals surface area contributed by atoms with E-state index in [9.17, 15) is 19.7 Å². The molecular weight excluding hydrogens is 266 g/mol. The predicted octanol–water partition coefficient (Wildman–Crippen LogP) is 0.881. The summed E-state index contributed by atoms with van der Waals surface area (Å²) in [5.74, 6) is -0.910. The molecule has 0 unspecified atom stereocenters. The van der Waals surface area contributed by atoms with Crippen LogP contribution >= 0.6 is 0 Å². The number of benzene rings is 1. The van der Waals surface area contributed by atoms with Crippen molar-refractivity contribution in [2.75, 3.05) is 33.1 Å². The number of rotatable bonds is 5. The molecule has 108 valence electrons. The number of nitro groups is 1. The molecule has 8 heteroatoms. The number of non-ortho nitro benzene ring substituents is 1. The van der Waals surface area contributed by atoms with Gasteiger partial charge in [0.25, 0.3) is 5.69 Å². The van der Waals surface area contributed by atoms with Crippen molar-refractivity contribution in [3.05, 3.63) is 33.9 Å². The average molecular weight is 281 g/mol. The number of carbonyl (C=O) groups is 2. The van der Waals surface area contributed by atoms with E-state index in [2.05, 4.69) is 10.1 Å². The Morgan fingerprint density at radius 3 is 2.55 bits per heavy atom. The zero-order valence-corrected chi connectivity index (χ0v) is 11.4. The first-order valence-electron chi connectivity index (χ1n) is 5.67. The summed E-state index contributed by atoms with van der Waals surface area (Å²) in [7, 11) is 4.37.